The van der Waals surface area contributed by atoms with Crippen molar-refractivity contribution in [2.45, 2.75) is 0 Å². The van der Waals surface area contributed by atoms with E-state index >= 15 is 0 Å². The summed E-state index contributed by atoms with van der Waals surface area (Å²) < 4.78 is 33.4. The summed E-state index contributed by atoms with van der Waals surface area (Å²) in [7, 11) is 6.29. The number of benzene rings is 2. The van der Waals surface area contributed by atoms with Crippen molar-refractivity contribution >= 4 is 0 Å². The van der Waals surface area contributed by atoms with Gasteiger partial charge >= 0.3 is 0 Å². The van der Waals surface area contributed by atoms with Crippen LogP contribution in [0.4, 0.5) is 0 Å². The summed E-state index contributed by atoms with van der Waals surface area (Å²) in [6, 6.07) is 7.26. The smallest absolute Gasteiger partial charge is 0.204 e. The fourth-order valence-corrected chi connectivity index (χ4v) is 3.06. The maximum atomic E-state index is 6.26. The minimum absolute atomic E-state index is 0.475. The number of hydrogen-bond acceptors (Lipinski definition) is 7. The van der Waals surface area contributed by atoms with E-state index in [0.29, 0.717) is 45.8 Å². The lowest BCUT2D eigenvalue weighted by atomic mass is 10.0. The normalized spacial score (nSPS) is 11.4. The van der Waals surface area contributed by atoms with Crippen molar-refractivity contribution in [3.8, 4) is 56.9 Å². The van der Waals surface area contributed by atoms with E-state index in [1.807, 2.05) is 18.2 Å². The number of rotatable bonds is 4. The van der Waals surface area contributed by atoms with Gasteiger partial charge in [-0.05, 0) is 18.2 Å². The summed E-state index contributed by atoms with van der Waals surface area (Å²) in [6.45, 7) is 0. The third kappa shape index (κ3) is 2.24. The van der Waals surface area contributed by atoms with Gasteiger partial charge in [-0.25, -0.2) is 0 Å². The first-order valence-electron chi connectivity index (χ1n) is 7.85. The third-order valence-corrected chi connectivity index (χ3v) is 4.30. The molecule has 2 heterocycles. The fourth-order valence-electron chi connectivity index (χ4n) is 3.06. The van der Waals surface area contributed by atoms with E-state index in [9.17, 15) is 0 Å². The number of fused-ring (bicyclic) bond motifs is 5. The van der Waals surface area contributed by atoms with E-state index in [2.05, 4.69) is 5.16 Å². The van der Waals surface area contributed by atoms with Crippen LogP contribution in [0.2, 0.25) is 0 Å². The lowest BCUT2D eigenvalue weighted by molar-refractivity contribution is 0.330. The molecule has 0 amide bonds. The zero-order chi connectivity index (χ0) is 18.3. The first kappa shape index (κ1) is 16.1. The Bertz CT molecular complexity index is 978. The summed E-state index contributed by atoms with van der Waals surface area (Å²) >= 11 is 0. The summed E-state index contributed by atoms with van der Waals surface area (Å²) in [5.41, 5.74) is 2.87. The molecule has 1 aliphatic rings. The minimum Gasteiger partial charge on any atom is -0.497 e. The molecule has 134 valence electrons. The second-order valence-electron chi connectivity index (χ2n) is 5.56. The van der Waals surface area contributed by atoms with E-state index in [0.717, 1.165) is 11.1 Å². The molecule has 1 aromatic heterocycles. The highest BCUT2D eigenvalue weighted by molar-refractivity contribution is 5.91. The van der Waals surface area contributed by atoms with Gasteiger partial charge in [-0.15, -0.1) is 0 Å². The molecule has 3 aromatic rings. The Labute approximate surface area is 150 Å². The van der Waals surface area contributed by atoms with Gasteiger partial charge in [-0.2, -0.15) is 0 Å². The maximum absolute atomic E-state index is 6.26. The predicted molar refractivity (Wildman–Crippen MR) is 93.7 cm³/mol. The van der Waals surface area contributed by atoms with Gasteiger partial charge in [0.2, 0.25) is 5.75 Å². The number of ether oxygens (including phenoxy) is 5. The van der Waals surface area contributed by atoms with Crippen LogP contribution in [0.1, 0.15) is 0 Å². The van der Waals surface area contributed by atoms with E-state index in [4.69, 9.17) is 28.2 Å². The summed E-state index contributed by atoms with van der Waals surface area (Å²) in [4.78, 5) is 0. The Balaban J connectivity index is 2.08. The molecule has 0 N–H and O–H groups in total. The van der Waals surface area contributed by atoms with Crippen LogP contribution in [0.5, 0.6) is 34.5 Å². The summed E-state index contributed by atoms with van der Waals surface area (Å²) in [5.74, 6) is 3.15. The highest BCUT2D eigenvalue weighted by Crippen LogP contribution is 2.55. The van der Waals surface area contributed by atoms with Crippen LogP contribution in [0, 0.1) is 0 Å². The molecule has 0 radical (unpaired) electrons. The van der Waals surface area contributed by atoms with Crippen molar-refractivity contribution in [1.82, 2.24) is 5.16 Å². The largest absolute Gasteiger partial charge is 0.497 e. The van der Waals surface area contributed by atoms with Crippen molar-refractivity contribution in [2.75, 3.05) is 28.4 Å². The lowest BCUT2D eigenvalue weighted by Crippen LogP contribution is -1.97. The van der Waals surface area contributed by atoms with Crippen molar-refractivity contribution in [3.05, 3.63) is 30.5 Å². The van der Waals surface area contributed by atoms with E-state index in [1.54, 1.807) is 40.8 Å². The zero-order valence-electron chi connectivity index (χ0n) is 14.8. The highest BCUT2D eigenvalue weighted by Gasteiger charge is 2.30. The molecule has 0 fully saturated rings. The molecule has 0 unspecified atom stereocenters. The van der Waals surface area contributed by atoms with Crippen molar-refractivity contribution < 1.29 is 28.2 Å². The van der Waals surface area contributed by atoms with Crippen molar-refractivity contribution in [1.29, 1.82) is 0 Å². The van der Waals surface area contributed by atoms with Crippen molar-refractivity contribution in [2.24, 2.45) is 0 Å². The topological polar surface area (TPSA) is 72.2 Å². The summed E-state index contributed by atoms with van der Waals surface area (Å²) in [5, 5.41) is 4.17. The molecule has 0 saturated carbocycles. The molecule has 0 spiro atoms. The molecule has 0 aliphatic carbocycles. The van der Waals surface area contributed by atoms with Gasteiger partial charge in [0.1, 0.15) is 17.7 Å². The summed E-state index contributed by atoms with van der Waals surface area (Å²) in [6.07, 6.45) is 1.57. The van der Waals surface area contributed by atoms with Gasteiger partial charge in [0.05, 0.1) is 39.6 Å². The number of hydrogen-bond donors (Lipinski definition) is 0. The zero-order valence-corrected chi connectivity index (χ0v) is 14.8. The molecule has 7 heteroatoms. The van der Waals surface area contributed by atoms with Crippen LogP contribution < -0.4 is 23.7 Å². The molecule has 7 nitrogen and oxygen atoms in total. The number of methoxy groups -OCH3 is 4. The van der Waals surface area contributed by atoms with Gasteiger partial charge in [-0.1, -0.05) is 5.16 Å². The average molecular weight is 355 g/mol. The minimum atomic E-state index is 0.475. The second kappa shape index (κ2) is 6.18. The van der Waals surface area contributed by atoms with Crippen LogP contribution in [-0.2, 0) is 0 Å². The van der Waals surface area contributed by atoms with Gasteiger partial charge in [0.15, 0.2) is 23.0 Å². The van der Waals surface area contributed by atoms with Crippen LogP contribution in [-0.4, -0.2) is 33.6 Å². The van der Waals surface area contributed by atoms with Gasteiger partial charge < -0.3 is 28.2 Å². The fraction of sp³-hybridized carbons (Fsp3) is 0.211. The Kier molecular flexibility index (Phi) is 3.84. The van der Waals surface area contributed by atoms with Crippen LogP contribution >= 0.6 is 0 Å². The van der Waals surface area contributed by atoms with E-state index < -0.39 is 0 Å². The molecule has 0 atom stereocenters. The van der Waals surface area contributed by atoms with Gasteiger partial charge in [0.25, 0.3) is 0 Å². The molecule has 0 bridgehead atoms. The van der Waals surface area contributed by atoms with E-state index in [1.165, 1.54) is 0 Å². The van der Waals surface area contributed by atoms with Crippen LogP contribution in [0.25, 0.3) is 22.4 Å². The number of nitrogens with zero attached hydrogens (tertiary/aromatic N) is 1. The molecule has 4 rings (SSSR count). The Morgan fingerprint density at radius 3 is 2.27 bits per heavy atom. The Morgan fingerprint density at radius 2 is 1.58 bits per heavy atom. The predicted octanol–water partition coefficient (Wildman–Crippen LogP) is 4.15. The first-order chi connectivity index (χ1) is 12.7. The van der Waals surface area contributed by atoms with Crippen LogP contribution in [0.15, 0.2) is 35.1 Å². The quantitative estimate of drug-likeness (QED) is 0.544. The number of aromatic nitrogens is 1. The van der Waals surface area contributed by atoms with Gasteiger partial charge in [0, 0.05) is 11.6 Å². The Morgan fingerprint density at radius 1 is 0.769 bits per heavy atom. The van der Waals surface area contributed by atoms with Crippen LogP contribution in [0.3, 0.4) is 0 Å². The third-order valence-electron chi connectivity index (χ3n) is 4.30. The Hall–Kier alpha value is -3.35. The highest BCUT2D eigenvalue weighted by atomic mass is 16.5. The average Bonchev–Trinajstić information content (AvgIpc) is 3.12. The molecule has 1 aliphatic heterocycles. The molecule has 0 saturated heterocycles. The molecule has 26 heavy (non-hydrogen) atoms. The monoisotopic (exact) mass is 355 g/mol. The van der Waals surface area contributed by atoms with E-state index in [-0.39, 0.29) is 0 Å². The molecular weight excluding hydrogens is 338 g/mol. The first-order valence-corrected chi connectivity index (χ1v) is 7.85. The second-order valence-corrected chi connectivity index (χ2v) is 5.56. The standard InChI is InChI=1S/C19H17NO6/c1-21-10-7-12-16-13(9-25-20-16)11-5-6-14(22-2)19(24-4)18(11)26-17(12)15(8-10)23-3/h5-9H,1-4H3. The van der Waals surface area contributed by atoms with Crippen molar-refractivity contribution in [3.63, 3.8) is 0 Å². The lowest BCUT2D eigenvalue weighted by Gasteiger charge is -2.17. The maximum Gasteiger partial charge on any atom is 0.204 e. The SMILES string of the molecule is COc1cc(OC)c2c(c1)-c1nocc1-c1ccc(OC)c(OC)c1O2. The molecular formula is C19H17NO6. The molecule has 2 aromatic carbocycles. The van der Waals surface area contributed by atoms with Gasteiger partial charge in [-0.3, -0.25) is 0 Å².